The smallest absolute Gasteiger partial charge is 0.146 e. The van der Waals surface area contributed by atoms with Gasteiger partial charge >= 0.3 is 0 Å². The second-order valence-corrected chi connectivity index (χ2v) is 7.18. The van der Waals surface area contributed by atoms with Gasteiger partial charge in [-0.3, -0.25) is 9.40 Å². The molecular formula is C22H19Cl2N5O. The van der Waals surface area contributed by atoms with E-state index in [1.807, 2.05) is 41.8 Å². The van der Waals surface area contributed by atoms with Crippen LogP contribution < -0.4 is 11.4 Å². The Bertz CT molecular complexity index is 1140. The molecule has 0 aliphatic carbocycles. The maximum absolute atomic E-state index is 8.60. The van der Waals surface area contributed by atoms with Crippen LogP contribution >= 0.6 is 23.2 Å². The van der Waals surface area contributed by atoms with Gasteiger partial charge in [0.2, 0.25) is 0 Å². The van der Waals surface area contributed by atoms with Gasteiger partial charge in [-0.25, -0.2) is 10.8 Å². The second kappa shape index (κ2) is 10.3. The first kappa shape index (κ1) is 21.9. The van der Waals surface area contributed by atoms with E-state index < -0.39 is 0 Å². The first-order valence-corrected chi connectivity index (χ1v) is 9.88. The van der Waals surface area contributed by atoms with E-state index >= 15 is 0 Å². The number of imidazole rings is 1. The van der Waals surface area contributed by atoms with Gasteiger partial charge in [0.05, 0.1) is 16.8 Å². The predicted octanol–water partition coefficient (Wildman–Crippen LogP) is 4.70. The second-order valence-electron chi connectivity index (χ2n) is 6.34. The van der Waals surface area contributed by atoms with E-state index in [2.05, 4.69) is 23.5 Å². The summed E-state index contributed by atoms with van der Waals surface area (Å²) < 4.78 is 2.00. The van der Waals surface area contributed by atoms with Gasteiger partial charge in [-0.15, -0.1) is 5.59 Å². The van der Waals surface area contributed by atoms with Crippen LogP contribution in [0.4, 0.5) is 0 Å². The molecule has 0 saturated heterocycles. The van der Waals surface area contributed by atoms with Crippen molar-refractivity contribution < 1.29 is 4.84 Å². The van der Waals surface area contributed by atoms with Crippen molar-refractivity contribution in [1.82, 2.24) is 15.1 Å². The largest absolute Gasteiger partial charge is 0.297 e. The van der Waals surface area contributed by atoms with Crippen LogP contribution in [0.5, 0.6) is 0 Å². The number of hydrogen-bond acceptors (Lipinski definition) is 5. The number of nitrogens with one attached hydrogen (secondary N) is 1. The van der Waals surface area contributed by atoms with Crippen LogP contribution in [-0.4, -0.2) is 9.55 Å². The minimum atomic E-state index is 0.190. The quantitative estimate of drug-likeness (QED) is 0.251. The highest BCUT2D eigenvalue weighted by Gasteiger charge is 2.19. The number of nitriles is 1. The monoisotopic (exact) mass is 439 g/mol. The van der Waals surface area contributed by atoms with Gasteiger partial charge < -0.3 is 0 Å². The molecule has 6 nitrogen and oxygen atoms in total. The molecule has 0 spiro atoms. The summed E-state index contributed by atoms with van der Waals surface area (Å²) >= 11 is 12.5. The highest BCUT2D eigenvalue weighted by Crippen LogP contribution is 2.33. The number of hydrazine groups is 1. The highest BCUT2D eigenvalue weighted by molar-refractivity contribution is 6.36. The van der Waals surface area contributed by atoms with E-state index in [0.717, 1.165) is 22.5 Å². The molecule has 0 saturated carbocycles. The lowest BCUT2D eigenvalue weighted by molar-refractivity contribution is 0.0259. The van der Waals surface area contributed by atoms with Gasteiger partial charge in [0.15, 0.2) is 0 Å². The van der Waals surface area contributed by atoms with Gasteiger partial charge in [0, 0.05) is 40.4 Å². The third kappa shape index (κ3) is 5.01. The maximum Gasteiger partial charge on any atom is 0.146 e. The van der Waals surface area contributed by atoms with Crippen molar-refractivity contribution in [2.75, 3.05) is 0 Å². The Hall–Kier alpha value is -2.84. The van der Waals surface area contributed by atoms with Crippen LogP contribution in [0.3, 0.4) is 0 Å². The SMILES string of the molecule is Cc1c(CONN)nc(-c2ccc(Cl)cc2Cl)n1-c1ccc(C#CCCC#N)cc1. The summed E-state index contributed by atoms with van der Waals surface area (Å²) in [5.41, 5.74) is 6.30. The third-order valence-electron chi connectivity index (χ3n) is 4.39. The lowest BCUT2D eigenvalue weighted by atomic mass is 10.1. The number of hydrogen-bond donors (Lipinski definition) is 2. The van der Waals surface area contributed by atoms with Crippen LogP contribution in [0, 0.1) is 30.1 Å². The molecule has 0 atom stereocenters. The fourth-order valence-corrected chi connectivity index (χ4v) is 3.43. The summed E-state index contributed by atoms with van der Waals surface area (Å²) in [4.78, 5) is 9.86. The number of unbranched alkanes of at least 4 members (excludes halogenated alkanes) is 1. The normalized spacial score (nSPS) is 10.4. The molecular weight excluding hydrogens is 421 g/mol. The van der Waals surface area contributed by atoms with Crippen LogP contribution in [0.1, 0.15) is 29.8 Å². The summed E-state index contributed by atoms with van der Waals surface area (Å²) in [6.45, 7) is 2.14. The number of nitrogens with zero attached hydrogens (tertiary/aromatic N) is 3. The summed E-state index contributed by atoms with van der Waals surface area (Å²) in [5, 5.41) is 9.65. The van der Waals surface area contributed by atoms with Crippen molar-refractivity contribution >= 4 is 23.2 Å². The van der Waals surface area contributed by atoms with E-state index in [0.29, 0.717) is 34.4 Å². The minimum Gasteiger partial charge on any atom is -0.297 e. The Kier molecular flexibility index (Phi) is 7.48. The van der Waals surface area contributed by atoms with E-state index in [1.165, 1.54) is 0 Å². The Morgan fingerprint density at radius 1 is 1.17 bits per heavy atom. The molecule has 0 aliphatic heterocycles. The molecule has 1 heterocycles. The average Bonchev–Trinajstić information content (AvgIpc) is 3.06. The van der Waals surface area contributed by atoms with Crippen molar-refractivity contribution in [3.05, 3.63) is 69.5 Å². The molecule has 0 amide bonds. The molecule has 0 radical (unpaired) electrons. The molecule has 2 aromatic carbocycles. The van der Waals surface area contributed by atoms with Gasteiger partial charge in [-0.2, -0.15) is 5.26 Å². The Labute approximate surface area is 185 Å². The van der Waals surface area contributed by atoms with Gasteiger partial charge in [0.25, 0.3) is 0 Å². The molecule has 1 aromatic heterocycles. The number of halogens is 2. The van der Waals surface area contributed by atoms with E-state index in [-0.39, 0.29) is 6.61 Å². The average molecular weight is 440 g/mol. The molecule has 30 heavy (non-hydrogen) atoms. The molecule has 0 unspecified atom stereocenters. The number of benzene rings is 2. The lowest BCUT2D eigenvalue weighted by Crippen LogP contribution is -2.22. The van der Waals surface area contributed by atoms with E-state index in [1.54, 1.807) is 12.1 Å². The Balaban J connectivity index is 2.05. The minimum absolute atomic E-state index is 0.190. The topological polar surface area (TPSA) is 88.9 Å². The molecule has 8 heteroatoms. The third-order valence-corrected chi connectivity index (χ3v) is 4.94. The van der Waals surface area contributed by atoms with Crippen molar-refractivity contribution in [2.24, 2.45) is 5.84 Å². The van der Waals surface area contributed by atoms with E-state index in [9.17, 15) is 0 Å². The van der Waals surface area contributed by atoms with E-state index in [4.69, 9.17) is 44.1 Å². The molecule has 0 aliphatic rings. The first-order valence-electron chi connectivity index (χ1n) is 9.12. The summed E-state index contributed by atoms with van der Waals surface area (Å²) in [5.74, 6) is 12.0. The lowest BCUT2D eigenvalue weighted by Gasteiger charge is -2.12. The first-order chi connectivity index (χ1) is 14.5. The fourth-order valence-electron chi connectivity index (χ4n) is 2.94. The summed E-state index contributed by atoms with van der Waals surface area (Å²) in [6.07, 6.45) is 0.976. The molecule has 0 bridgehead atoms. The number of rotatable bonds is 6. The number of nitrogens with two attached hydrogens (primary N) is 1. The molecule has 3 aromatic rings. The number of aromatic nitrogens is 2. The Morgan fingerprint density at radius 2 is 1.93 bits per heavy atom. The van der Waals surface area contributed by atoms with Crippen molar-refractivity contribution in [3.63, 3.8) is 0 Å². The zero-order chi connectivity index (χ0) is 21.5. The summed E-state index contributed by atoms with van der Waals surface area (Å²) in [7, 11) is 0. The fraction of sp³-hybridized carbons (Fsp3) is 0.182. The maximum atomic E-state index is 8.60. The van der Waals surface area contributed by atoms with Crippen LogP contribution in [-0.2, 0) is 11.4 Å². The van der Waals surface area contributed by atoms with Crippen LogP contribution in [0.2, 0.25) is 10.0 Å². The Morgan fingerprint density at radius 3 is 2.60 bits per heavy atom. The zero-order valence-electron chi connectivity index (χ0n) is 16.2. The summed E-state index contributed by atoms with van der Waals surface area (Å²) in [6, 6.07) is 15.2. The highest BCUT2D eigenvalue weighted by atomic mass is 35.5. The van der Waals surface area contributed by atoms with Crippen LogP contribution in [0.15, 0.2) is 42.5 Å². The predicted molar refractivity (Wildman–Crippen MR) is 118 cm³/mol. The zero-order valence-corrected chi connectivity index (χ0v) is 17.8. The molecule has 0 fully saturated rings. The van der Waals surface area contributed by atoms with Crippen molar-refractivity contribution in [1.29, 1.82) is 5.26 Å². The van der Waals surface area contributed by atoms with Gasteiger partial charge in [0.1, 0.15) is 12.4 Å². The van der Waals surface area contributed by atoms with Crippen molar-refractivity contribution in [3.8, 4) is 35.0 Å². The molecule has 3 rings (SSSR count). The molecule has 152 valence electrons. The van der Waals surface area contributed by atoms with Crippen LogP contribution in [0.25, 0.3) is 17.1 Å². The van der Waals surface area contributed by atoms with Gasteiger partial charge in [-0.05, 0) is 49.4 Å². The van der Waals surface area contributed by atoms with Crippen molar-refractivity contribution in [2.45, 2.75) is 26.4 Å². The standard InChI is InChI=1S/C22H19Cl2N5O/c1-15-21(14-30-28-26)27-22(19-11-8-17(23)13-20(19)24)29(15)18-9-6-16(7-10-18)5-3-2-4-12-25/h6-11,13,28H,2,4,14,26H2,1H3. The molecule has 3 N–H and O–H groups in total. The van der Waals surface area contributed by atoms with Gasteiger partial charge in [-0.1, -0.05) is 35.0 Å².